The quantitative estimate of drug-likeness (QED) is 0.599. The standard InChI is InChI=1S/C26H29NO5/c1-16-6-4-5-7-22(16)27-24(28)15-31-20-12-13-21-23(14-20)32-17(2)25(26(21)29)18-8-10-19(30-3)11-9-18/h8-14,16,22H,4-7,15H2,1-3H3,(H,27,28)/t16-,22+/m0/s1. The molecule has 0 bridgehead atoms. The van der Waals surface area contributed by atoms with Gasteiger partial charge in [-0.3, -0.25) is 9.59 Å². The van der Waals surface area contributed by atoms with Crippen LogP contribution in [0.15, 0.2) is 51.7 Å². The highest BCUT2D eigenvalue weighted by atomic mass is 16.5. The summed E-state index contributed by atoms with van der Waals surface area (Å²) in [6.45, 7) is 3.88. The SMILES string of the molecule is COc1ccc(-c2c(C)oc3cc(OCC(=O)N[C@@H]4CCCC[C@@H]4C)ccc3c2=O)cc1. The van der Waals surface area contributed by atoms with Gasteiger partial charge in [0.25, 0.3) is 5.91 Å². The number of nitrogens with one attached hydrogen (secondary N) is 1. The second kappa shape index (κ2) is 9.47. The van der Waals surface area contributed by atoms with E-state index in [1.54, 1.807) is 32.2 Å². The summed E-state index contributed by atoms with van der Waals surface area (Å²) in [6.07, 6.45) is 4.54. The lowest BCUT2D eigenvalue weighted by Gasteiger charge is -2.29. The van der Waals surface area contributed by atoms with Gasteiger partial charge >= 0.3 is 0 Å². The van der Waals surface area contributed by atoms with E-state index in [0.717, 1.165) is 30.6 Å². The van der Waals surface area contributed by atoms with Crippen molar-refractivity contribution in [2.75, 3.05) is 13.7 Å². The summed E-state index contributed by atoms with van der Waals surface area (Å²) >= 11 is 0. The maximum absolute atomic E-state index is 13.1. The van der Waals surface area contributed by atoms with Crippen molar-refractivity contribution in [2.24, 2.45) is 5.92 Å². The maximum Gasteiger partial charge on any atom is 0.258 e. The third kappa shape index (κ3) is 4.64. The van der Waals surface area contributed by atoms with Gasteiger partial charge in [0.05, 0.1) is 18.1 Å². The number of benzene rings is 2. The number of carbonyl (C=O) groups is 1. The van der Waals surface area contributed by atoms with Crippen LogP contribution in [-0.4, -0.2) is 25.7 Å². The lowest BCUT2D eigenvalue weighted by atomic mass is 9.86. The van der Waals surface area contributed by atoms with Crippen LogP contribution in [0.2, 0.25) is 0 Å². The zero-order chi connectivity index (χ0) is 22.7. The van der Waals surface area contributed by atoms with Gasteiger partial charge in [0, 0.05) is 12.1 Å². The Morgan fingerprint density at radius 2 is 1.81 bits per heavy atom. The molecule has 0 spiro atoms. The van der Waals surface area contributed by atoms with Crippen molar-refractivity contribution in [2.45, 2.75) is 45.6 Å². The van der Waals surface area contributed by atoms with Crippen LogP contribution in [0.5, 0.6) is 11.5 Å². The molecule has 3 aromatic rings. The Morgan fingerprint density at radius 1 is 1.09 bits per heavy atom. The molecule has 0 saturated heterocycles. The fourth-order valence-electron chi connectivity index (χ4n) is 4.40. The molecule has 6 nitrogen and oxygen atoms in total. The molecule has 6 heteroatoms. The van der Waals surface area contributed by atoms with E-state index in [2.05, 4.69) is 12.2 Å². The van der Waals surface area contributed by atoms with Crippen LogP contribution in [0.25, 0.3) is 22.1 Å². The van der Waals surface area contributed by atoms with Crippen LogP contribution >= 0.6 is 0 Å². The van der Waals surface area contributed by atoms with E-state index in [1.165, 1.54) is 6.42 Å². The fourth-order valence-corrected chi connectivity index (χ4v) is 4.40. The third-order valence-electron chi connectivity index (χ3n) is 6.25. The summed E-state index contributed by atoms with van der Waals surface area (Å²) in [4.78, 5) is 25.5. The van der Waals surface area contributed by atoms with E-state index in [9.17, 15) is 9.59 Å². The number of aryl methyl sites for hydroxylation is 1. The van der Waals surface area contributed by atoms with Gasteiger partial charge in [-0.25, -0.2) is 0 Å². The molecule has 1 heterocycles. The summed E-state index contributed by atoms with van der Waals surface area (Å²) in [7, 11) is 1.60. The highest BCUT2D eigenvalue weighted by Crippen LogP contribution is 2.28. The highest BCUT2D eigenvalue weighted by molar-refractivity contribution is 5.84. The maximum atomic E-state index is 13.1. The molecule has 1 saturated carbocycles. The van der Waals surface area contributed by atoms with Gasteiger partial charge in [0.2, 0.25) is 5.43 Å². The van der Waals surface area contributed by atoms with Gasteiger partial charge in [0.1, 0.15) is 22.8 Å². The Hall–Kier alpha value is -3.28. The molecule has 168 valence electrons. The molecule has 2 aromatic carbocycles. The van der Waals surface area contributed by atoms with Crippen LogP contribution in [0.1, 0.15) is 38.4 Å². The first-order valence-electron chi connectivity index (χ1n) is 11.1. The molecule has 0 unspecified atom stereocenters. The van der Waals surface area contributed by atoms with E-state index in [1.807, 2.05) is 24.3 Å². The average molecular weight is 436 g/mol. The first kappa shape index (κ1) is 21.9. The van der Waals surface area contributed by atoms with Gasteiger partial charge in [-0.15, -0.1) is 0 Å². The summed E-state index contributed by atoms with van der Waals surface area (Å²) in [5.41, 5.74) is 1.62. The minimum Gasteiger partial charge on any atom is -0.497 e. The van der Waals surface area contributed by atoms with Crippen LogP contribution in [0.4, 0.5) is 0 Å². The number of fused-ring (bicyclic) bond motifs is 1. The molecule has 1 fully saturated rings. The van der Waals surface area contributed by atoms with Crippen molar-refractivity contribution >= 4 is 16.9 Å². The minimum absolute atomic E-state index is 0.0676. The van der Waals surface area contributed by atoms with Crippen LogP contribution in [-0.2, 0) is 4.79 Å². The lowest BCUT2D eigenvalue weighted by Crippen LogP contribution is -2.43. The first-order chi connectivity index (χ1) is 15.5. The summed E-state index contributed by atoms with van der Waals surface area (Å²) in [6, 6.07) is 12.6. The smallest absolute Gasteiger partial charge is 0.258 e. The fraction of sp³-hybridized carbons (Fsp3) is 0.385. The van der Waals surface area contributed by atoms with Crippen LogP contribution in [0.3, 0.4) is 0 Å². The van der Waals surface area contributed by atoms with E-state index in [-0.39, 0.29) is 24.0 Å². The Labute approximate surface area is 187 Å². The van der Waals surface area contributed by atoms with Crippen molar-refractivity contribution in [3.05, 3.63) is 58.4 Å². The monoisotopic (exact) mass is 435 g/mol. The molecular weight excluding hydrogens is 406 g/mol. The first-order valence-corrected chi connectivity index (χ1v) is 11.1. The second-order valence-corrected chi connectivity index (χ2v) is 8.47. The van der Waals surface area contributed by atoms with Gasteiger partial charge < -0.3 is 19.2 Å². The van der Waals surface area contributed by atoms with Gasteiger partial charge in [0.15, 0.2) is 6.61 Å². The Morgan fingerprint density at radius 3 is 2.53 bits per heavy atom. The lowest BCUT2D eigenvalue weighted by molar-refractivity contribution is -0.124. The highest BCUT2D eigenvalue weighted by Gasteiger charge is 2.23. The van der Waals surface area contributed by atoms with E-state index < -0.39 is 0 Å². The molecule has 2 atom stereocenters. The number of ether oxygens (including phenoxy) is 2. The molecule has 1 amide bonds. The Kier molecular flexibility index (Phi) is 6.49. The Bertz CT molecular complexity index is 1170. The molecule has 32 heavy (non-hydrogen) atoms. The number of methoxy groups -OCH3 is 1. The summed E-state index contributed by atoms with van der Waals surface area (Å²) < 4.78 is 16.8. The molecule has 4 rings (SSSR count). The largest absolute Gasteiger partial charge is 0.497 e. The third-order valence-corrected chi connectivity index (χ3v) is 6.25. The number of hydrogen-bond donors (Lipinski definition) is 1. The van der Waals surface area contributed by atoms with Crippen molar-refractivity contribution in [1.82, 2.24) is 5.32 Å². The zero-order valence-electron chi connectivity index (χ0n) is 18.8. The molecule has 1 N–H and O–H groups in total. The van der Waals surface area contributed by atoms with E-state index >= 15 is 0 Å². The molecule has 1 aromatic heterocycles. The minimum atomic E-state index is -0.128. The molecule has 0 radical (unpaired) electrons. The number of carbonyl (C=O) groups excluding carboxylic acids is 1. The molecule has 0 aliphatic heterocycles. The number of rotatable bonds is 6. The van der Waals surface area contributed by atoms with Crippen molar-refractivity contribution < 1.29 is 18.7 Å². The van der Waals surface area contributed by atoms with Crippen molar-refractivity contribution in [1.29, 1.82) is 0 Å². The zero-order valence-corrected chi connectivity index (χ0v) is 18.8. The van der Waals surface area contributed by atoms with E-state index in [0.29, 0.717) is 34.0 Å². The number of hydrogen-bond acceptors (Lipinski definition) is 5. The van der Waals surface area contributed by atoms with Crippen molar-refractivity contribution in [3.8, 4) is 22.6 Å². The average Bonchev–Trinajstić information content (AvgIpc) is 2.79. The predicted octanol–water partition coefficient (Wildman–Crippen LogP) is 4.85. The van der Waals surface area contributed by atoms with Gasteiger partial charge in [-0.05, 0) is 55.5 Å². The van der Waals surface area contributed by atoms with E-state index in [4.69, 9.17) is 13.9 Å². The Balaban J connectivity index is 1.50. The van der Waals surface area contributed by atoms with Gasteiger partial charge in [-0.1, -0.05) is 31.9 Å². The predicted molar refractivity (Wildman–Crippen MR) is 124 cm³/mol. The molecule has 1 aliphatic carbocycles. The summed E-state index contributed by atoms with van der Waals surface area (Å²) in [5, 5.41) is 3.55. The molecular formula is C26H29NO5. The van der Waals surface area contributed by atoms with Gasteiger partial charge in [-0.2, -0.15) is 0 Å². The normalized spacial score (nSPS) is 18.3. The molecule has 1 aliphatic rings. The van der Waals surface area contributed by atoms with Crippen LogP contribution in [0, 0.1) is 12.8 Å². The number of amides is 1. The topological polar surface area (TPSA) is 77.8 Å². The second-order valence-electron chi connectivity index (χ2n) is 8.47. The van der Waals surface area contributed by atoms with Crippen molar-refractivity contribution in [3.63, 3.8) is 0 Å². The van der Waals surface area contributed by atoms with Crippen LogP contribution < -0.4 is 20.2 Å². The summed E-state index contributed by atoms with van der Waals surface area (Å²) in [5.74, 6) is 2.10.